The molecule has 0 radical (unpaired) electrons. The van der Waals surface area contributed by atoms with E-state index >= 15 is 0 Å². The van der Waals surface area contributed by atoms with Crippen molar-refractivity contribution >= 4 is 17.3 Å². The lowest BCUT2D eigenvalue weighted by Crippen LogP contribution is -2.32. The van der Waals surface area contributed by atoms with Gasteiger partial charge in [-0.3, -0.25) is 14.4 Å². The third kappa shape index (κ3) is 2.78. The normalized spacial score (nSPS) is 23.4. The van der Waals surface area contributed by atoms with Crippen LogP contribution in [0.15, 0.2) is 47.5 Å². The zero-order valence-corrected chi connectivity index (χ0v) is 11.4. The highest BCUT2D eigenvalue weighted by Gasteiger charge is 2.32. The molecule has 0 bridgehead atoms. The summed E-state index contributed by atoms with van der Waals surface area (Å²) in [5, 5.41) is 3.25. The Hall–Kier alpha value is -2.27. The number of carbonyl (C=O) groups is 3. The number of hydrogen-bond acceptors (Lipinski definition) is 5. The summed E-state index contributed by atoms with van der Waals surface area (Å²) in [5.41, 5.74) is 0.465. The summed E-state index contributed by atoms with van der Waals surface area (Å²) in [4.78, 5) is 35.0. The van der Waals surface area contributed by atoms with Gasteiger partial charge in [-0.1, -0.05) is 0 Å². The van der Waals surface area contributed by atoms with Crippen molar-refractivity contribution in [2.24, 2.45) is 5.92 Å². The van der Waals surface area contributed by atoms with Crippen LogP contribution in [-0.4, -0.2) is 30.4 Å². The highest BCUT2D eigenvalue weighted by atomic mass is 16.5. The number of carbonyl (C=O) groups excluding carboxylic acids is 3. The van der Waals surface area contributed by atoms with Gasteiger partial charge in [0.05, 0.1) is 0 Å². The van der Waals surface area contributed by atoms with Gasteiger partial charge in [-0.25, -0.2) is 0 Å². The van der Waals surface area contributed by atoms with Crippen LogP contribution in [0.3, 0.4) is 0 Å². The summed E-state index contributed by atoms with van der Waals surface area (Å²) in [5.74, 6) is -0.638. The fourth-order valence-electron chi connectivity index (χ4n) is 2.60. The summed E-state index contributed by atoms with van der Waals surface area (Å²) < 4.78 is 5.71. The molecule has 1 N–H and O–H groups in total. The largest absolute Gasteiger partial charge is 0.456 e. The number of allylic oxidation sites excluding steroid dienone is 8. The average Bonchev–Trinajstić information content (AvgIpc) is 2.52. The molecule has 1 saturated heterocycles. The molecule has 1 fully saturated rings. The maximum absolute atomic E-state index is 12.0. The second-order valence-corrected chi connectivity index (χ2v) is 5.22. The lowest BCUT2D eigenvalue weighted by Gasteiger charge is -2.27. The van der Waals surface area contributed by atoms with Crippen molar-refractivity contribution in [2.75, 3.05) is 13.1 Å². The maximum Gasteiger partial charge on any atom is 0.268 e. The summed E-state index contributed by atoms with van der Waals surface area (Å²) in [7, 11) is 0. The highest BCUT2D eigenvalue weighted by molar-refractivity contribution is 6.47. The monoisotopic (exact) mass is 285 g/mol. The number of piperidine rings is 1. The molecule has 0 spiro atoms. The minimum atomic E-state index is -0.661. The Morgan fingerprint density at radius 1 is 1.00 bits per heavy atom. The third-order valence-electron chi connectivity index (χ3n) is 3.78. The molecule has 5 heteroatoms. The fraction of sp³-hybridized carbons (Fsp3) is 0.312. The molecule has 0 saturated carbocycles. The molecular weight excluding hydrogens is 270 g/mol. The van der Waals surface area contributed by atoms with Crippen molar-refractivity contribution in [3.05, 3.63) is 47.5 Å². The van der Waals surface area contributed by atoms with Crippen molar-refractivity contribution < 1.29 is 19.1 Å². The van der Waals surface area contributed by atoms with E-state index in [4.69, 9.17) is 4.74 Å². The van der Waals surface area contributed by atoms with Gasteiger partial charge in [0.15, 0.2) is 11.5 Å². The van der Waals surface area contributed by atoms with Crippen molar-refractivity contribution in [2.45, 2.75) is 12.8 Å². The van der Waals surface area contributed by atoms with Gasteiger partial charge in [0.2, 0.25) is 5.78 Å². The Morgan fingerprint density at radius 2 is 1.67 bits per heavy atom. The van der Waals surface area contributed by atoms with E-state index in [9.17, 15) is 14.4 Å². The zero-order valence-electron chi connectivity index (χ0n) is 11.4. The van der Waals surface area contributed by atoms with Gasteiger partial charge >= 0.3 is 0 Å². The van der Waals surface area contributed by atoms with Crippen LogP contribution in [0.25, 0.3) is 0 Å². The molecule has 2 aliphatic heterocycles. The fourth-order valence-corrected chi connectivity index (χ4v) is 2.60. The molecule has 3 aliphatic rings. The first kappa shape index (κ1) is 13.7. The standard InChI is InChI=1S/C16H15NO4/c18-12-3-1-11(2-4-12)16-15(20)13(19)9-14(21-16)10-5-7-17-8-6-10/h1-4,9-10,17H,5-8H2. The van der Waals surface area contributed by atoms with Gasteiger partial charge in [-0.05, 0) is 50.2 Å². The predicted molar refractivity (Wildman–Crippen MR) is 75.1 cm³/mol. The Bertz CT molecular complexity index is 613. The van der Waals surface area contributed by atoms with Gasteiger partial charge in [-0.2, -0.15) is 0 Å². The van der Waals surface area contributed by atoms with Crippen molar-refractivity contribution in [1.29, 1.82) is 0 Å². The van der Waals surface area contributed by atoms with Gasteiger partial charge in [0, 0.05) is 17.6 Å². The predicted octanol–water partition coefficient (Wildman–Crippen LogP) is 0.987. The molecule has 5 nitrogen and oxygen atoms in total. The maximum atomic E-state index is 12.0. The molecule has 21 heavy (non-hydrogen) atoms. The summed E-state index contributed by atoms with van der Waals surface area (Å²) in [6.07, 6.45) is 8.78. The minimum Gasteiger partial charge on any atom is -0.456 e. The number of ketones is 3. The molecule has 0 amide bonds. The molecular formula is C16H15NO4. The van der Waals surface area contributed by atoms with Crippen LogP contribution in [0.4, 0.5) is 0 Å². The van der Waals surface area contributed by atoms with Crippen LogP contribution in [0.5, 0.6) is 0 Å². The van der Waals surface area contributed by atoms with E-state index in [1.807, 2.05) is 0 Å². The highest BCUT2D eigenvalue weighted by Crippen LogP contribution is 2.30. The molecule has 0 aromatic heterocycles. The van der Waals surface area contributed by atoms with Crippen LogP contribution in [-0.2, 0) is 19.1 Å². The second-order valence-electron chi connectivity index (χ2n) is 5.22. The Labute approximate surface area is 122 Å². The molecule has 0 aromatic rings. The van der Waals surface area contributed by atoms with Crippen molar-refractivity contribution in [3.8, 4) is 0 Å². The number of nitrogens with one attached hydrogen (secondary N) is 1. The van der Waals surface area contributed by atoms with Crippen LogP contribution in [0.1, 0.15) is 12.8 Å². The SMILES string of the molecule is O=C1C=CC(=C2OC(C3CCNCC3)=CC(=O)C2=O)C=C1. The third-order valence-corrected chi connectivity index (χ3v) is 3.78. The van der Waals surface area contributed by atoms with Gasteiger partial charge < -0.3 is 10.1 Å². The summed E-state index contributed by atoms with van der Waals surface area (Å²) >= 11 is 0. The van der Waals surface area contributed by atoms with E-state index in [0.29, 0.717) is 11.3 Å². The average molecular weight is 285 g/mol. The summed E-state index contributed by atoms with van der Waals surface area (Å²) in [6.45, 7) is 1.74. The van der Waals surface area contributed by atoms with E-state index < -0.39 is 11.6 Å². The molecule has 108 valence electrons. The van der Waals surface area contributed by atoms with E-state index in [1.54, 1.807) is 0 Å². The molecule has 3 rings (SSSR count). The Balaban J connectivity index is 1.91. The van der Waals surface area contributed by atoms with Crippen LogP contribution < -0.4 is 5.32 Å². The quantitative estimate of drug-likeness (QED) is 0.574. The Kier molecular flexibility index (Phi) is 3.66. The molecule has 1 aliphatic carbocycles. The number of Topliss-reactive ketones (excluding diaryl/α,β-unsaturated/α-hetero) is 1. The van der Waals surface area contributed by atoms with Crippen molar-refractivity contribution in [1.82, 2.24) is 5.32 Å². The van der Waals surface area contributed by atoms with Crippen molar-refractivity contribution in [3.63, 3.8) is 0 Å². The van der Waals surface area contributed by atoms with Crippen LogP contribution in [0.2, 0.25) is 0 Å². The van der Waals surface area contributed by atoms with Crippen LogP contribution in [0, 0.1) is 5.92 Å². The van der Waals surface area contributed by atoms with Gasteiger partial charge in [0.1, 0.15) is 5.76 Å². The Morgan fingerprint density at radius 3 is 2.33 bits per heavy atom. The van der Waals surface area contributed by atoms with E-state index in [2.05, 4.69) is 5.32 Å². The molecule has 2 heterocycles. The van der Waals surface area contributed by atoms with E-state index in [0.717, 1.165) is 25.9 Å². The number of rotatable bonds is 1. The number of hydrogen-bond donors (Lipinski definition) is 1. The molecule has 0 aromatic carbocycles. The molecule has 0 unspecified atom stereocenters. The molecule has 0 atom stereocenters. The second kappa shape index (κ2) is 5.61. The smallest absolute Gasteiger partial charge is 0.268 e. The lowest BCUT2D eigenvalue weighted by molar-refractivity contribution is -0.134. The lowest BCUT2D eigenvalue weighted by atomic mass is 9.92. The first-order valence-corrected chi connectivity index (χ1v) is 6.98. The topological polar surface area (TPSA) is 72.5 Å². The first-order valence-electron chi connectivity index (χ1n) is 6.98. The van der Waals surface area contributed by atoms with Gasteiger partial charge in [0.25, 0.3) is 5.78 Å². The summed E-state index contributed by atoms with van der Waals surface area (Å²) in [6, 6.07) is 0. The zero-order chi connectivity index (χ0) is 14.8. The minimum absolute atomic E-state index is 0.0241. The van der Waals surface area contributed by atoms with E-state index in [-0.39, 0.29) is 17.5 Å². The van der Waals surface area contributed by atoms with E-state index in [1.165, 1.54) is 30.4 Å². The number of ether oxygens (including phenoxy) is 1. The van der Waals surface area contributed by atoms with Gasteiger partial charge in [-0.15, -0.1) is 0 Å². The first-order chi connectivity index (χ1) is 10.1. The van der Waals surface area contributed by atoms with Crippen LogP contribution >= 0.6 is 0 Å².